The Morgan fingerprint density at radius 1 is 1.29 bits per heavy atom. The van der Waals surface area contributed by atoms with E-state index in [-0.39, 0.29) is 11.8 Å². The molecule has 1 saturated carbocycles. The van der Waals surface area contributed by atoms with Crippen LogP contribution in [-0.4, -0.2) is 65.9 Å². The Morgan fingerprint density at radius 2 is 2.06 bits per heavy atom. The van der Waals surface area contributed by atoms with E-state index in [1.54, 1.807) is 17.9 Å². The van der Waals surface area contributed by atoms with Crippen LogP contribution in [0.1, 0.15) is 82.9 Å². The molecule has 0 aromatic carbocycles. The number of carbonyl (C=O) groups is 1. The number of piperidine rings is 1. The number of hydrogen-bond donors (Lipinski definition) is 2. The van der Waals surface area contributed by atoms with Crippen LogP contribution in [0.25, 0.3) is 0 Å². The average molecular weight is 511 g/mol. The molecule has 1 saturated heterocycles. The van der Waals surface area contributed by atoms with Crippen molar-refractivity contribution >= 4 is 17.5 Å². The minimum Gasteiger partial charge on any atom is -0.385 e. The number of carbonyl (C=O) groups excluding carboxylic acids is 1. The zero-order valence-corrected chi connectivity index (χ0v) is 22.9. The van der Waals surface area contributed by atoms with Gasteiger partial charge in [0.05, 0.1) is 6.20 Å². The number of hydrogen-bond acceptors (Lipinski definition) is 5. The van der Waals surface area contributed by atoms with Gasteiger partial charge in [-0.25, -0.2) is 4.98 Å². The van der Waals surface area contributed by atoms with E-state index >= 15 is 0 Å². The summed E-state index contributed by atoms with van der Waals surface area (Å²) in [7, 11) is 5.53. The number of methoxy groups -OCH3 is 1. The summed E-state index contributed by atoms with van der Waals surface area (Å²) in [6.07, 6.45) is 14.0. The fraction of sp³-hybridized carbons (Fsp3) is 0.852. The van der Waals surface area contributed by atoms with Crippen LogP contribution in [0.15, 0.2) is 6.20 Å². The van der Waals surface area contributed by atoms with Gasteiger partial charge in [-0.3, -0.25) is 4.79 Å². The molecule has 1 aliphatic heterocycles. The maximum atomic E-state index is 13.5. The normalized spacial score (nSPS) is 22.2. The number of rotatable bonds is 13. The second-order valence-electron chi connectivity index (χ2n) is 10.9. The first kappa shape index (κ1) is 28.4. The zero-order valence-electron chi connectivity index (χ0n) is 22.1. The second-order valence-corrected chi connectivity index (χ2v) is 11.3. The molecule has 1 aliphatic carbocycles. The molecule has 0 bridgehead atoms. The molecule has 1 amide bonds. The summed E-state index contributed by atoms with van der Waals surface area (Å²) in [5, 5.41) is 15.9. The third-order valence-electron chi connectivity index (χ3n) is 8.27. The predicted octanol–water partition coefficient (Wildman–Crippen LogP) is 4.51. The number of amides is 1. The van der Waals surface area contributed by atoms with E-state index in [1.807, 2.05) is 19.0 Å². The molecule has 2 N–H and O–H groups in total. The molecule has 7 nitrogen and oxygen atoms in total. The van der Waals surface area contributed by atoms with Crippen molar-refractivity contribution in [2.24, 2.45) is 24.8 Å². The van der Waals surface area contributed by atoms with Crippen molar-refractivity contribution in [2.45, 2.75) is 82.7 Å². The van der Waals surface area contributed by atoms with E-state index in [9.17, 15) is 9.90 Å². The Hall–Kier alpha value is -1.15. The Bertz CT molecular complexity index is 782. The summed E-state index contributed by atoms with van der Waals surface area (Å²) in [6, 6.07) is 0. The number of ether oxygens (including phenoxy) is 1. The molecular formula is C27H47ClN4O3. The van der Waals surface area contributed by atoms with E-state index in [0.29, 0.717) is 42.9 Å². The lowest BCUT2D eigenvalue weighted by Gasteiger charge is -2.42. The van der Waals surface area contributed by atoms with Gasteiger partial charge in [0.15, 0.2) is 0 Å². The highest BCUT2D eigenvalue weighted by Gasteiger charge is 2.44. The Balaban J connectivity index is 1.68. The van der Waals surface area contributed by atoms with Crippen molar-refractivity contribution in [3.8, 4) is 0 Å². The molecule has 2 aliphatic rings. The smallest absolute Gasteiger partial charge is 0.222 e. The lowest BCUT2D eigenvalue weighted by atomic mass is 9.77. The van der Waals surface area contributed by atoms with Crippen LogP contribution in [0.2, 0.25) is 5.15 Å². The van der Waals surface area contributed by atoms with Crippen molar-refractivity contribution < 1.29 is 14.6 Å². The molecule has 0 unspecified atom stereocenters. The average Bonchev–Trinajstić information content (AvgIpc) is 3.21. The number of aliphatic hydroxyl groups is 1. The largest absolute Gasteiger partial charge is 0.385 e. The first-order valence-electron chi connectivity index (χ1n) is 13.7. The molecule has 3 rings (SSSR count). The van der Waals surface area contributed by atoms with Crippen LogP contribution in [0.3, 0.4) is 0 Å². The SMILES string of the molecule is CNC[C@@H](CC(=O)N1CCC[C@@H]([C@@](O)(CCCCOC)c2ncc(Cl)n2C)C1)CC1CCCCC1. The minimum atomic E-state index is -1.12. The van der Waals surface area contributed by atoms with Crippen LogP contribution in [0, 0.1) is 17.8 Å². The van der Waals surface area contributed by atoms with Crippen molar-refractivity contribution in [1.82, 2.24) is 19.8 Å². The Labute approximate surface area is 216 Å². The van der Waals surface area contributed by atoms with Crippen molar-refractivity contribution in [1.29, 1.82) is 0 Å². The molecule has 1 aromatic heterocycles. The van der Waals surface area contributed by atoms with E-state index < -0.39 is 5.60 Å². The highest BCUT2D eigenvalue weighted by atomic mass is 35.5. The summed E-state index contributed by atoms with van der Waals surface area (Å²) in [5.74, 6) is 1.89. The lowest BCUT2D eigenvalue weighted by Crippen LogP contribution is -2.49. The van der Waals surface area contributed by atoms with Gasteiger partial charge in [0.25, 0.3) is 0 Å². The van der Waals surface area contributed by atoms with Gasteiger partial charge >= 0.3 is 0 Å². The topological polar surface area (TPSA) is 79.6 Å². The third-order valence-corrected chi connectivity index (χ3v) is 8.62. The number of halogens is 1. The van der Waals surface area contributed by atoms with E-state index in [2.05, 4.69) is 10.3 Å². The monoisotopic (exact) mass is 510 g/mol. The zero-order chi connectivity index (χ0) is 25.3. The van der Waals surface area contributed by atoms with E-state index in [1.165, 1.54) is 32.1 Å². The number of aromatic nitrogens is 2. The molecule has 2 fully saturated rings. The van der Waals surface area contributed by atoms with Crippen LogP contribution in [0.5, 0.6) is 0 Å². The van der Waals surface area contributed by atoms with Gasteiger partial charge < -0.3 is 24.6 Å². The summed E-state index contributed by atoms with van der Waals surface area (Å²) in [4.78, 5) is 20.0. The molecule has 200 valence electrons. The van der Waals surface area contributed by atoms with Crippen LogP contribution >= 0.6 is 11.6 Å². The Kier molecular flexibility index (Phi) is 11.3. The molecule has 0 radical (unpaired) electrons. The molecule has 1 aromatic rings. The third kappa shape index (κ3) is 7.67. The predicted molar refractivity (Wildman–Crippen MR) is 140 cm³/mol. The molecular weight excluding hydrogens is 464 g/mol. The van der Waals surface area contributed by atoms with Gasteiger partial charge in [0.2, 0.25) is 5.91 Å². The van der Waals surface area contributed by atoms with Crippen molar-refractivity contribution in [3.63, 3.8) is 0 Å². The first-order valence-corrected chi connectivity index (χ1v) is 14.1. The molecule has 3 atom stereocenters. The van der Waals surface area contributed by atoms with Crippen molar-refractivity contribution in [3.05, 3.63) is 17.2 Å². The summed E-state index contributed by atoms with van der Waals surface area (Å²) < 4.78 is 7.00. The number of imidazole rings is 1. The number of likely N-dealkylation sites (tertiary alicyclic amines) is 1. The van der Waals surface area contributed by atoms with E-state index in [0.717, 1.165) is 51.1 Å². The fourth-order valence-corrected chi connectivity index (χ4v) is 6.45. The number of nitrogens with zero attached hydrogens (tertiary/aromatic N) is 3. The van der Waals surface area contributed by atoms with Crippen molar-refractivity contribution in [2.75, 3.05) is 40.4 Å². The molecule has 0 spiro atoms. The summed E-state index contributed by atoms with van der Waals surface area (Å²) in [6.45, 7) is 2.89. The highest BCUT2D eigenvalue weighted by Crippen LogP contribution is 2.40. The molecule has 2 heterocycles. The molecule has 35 heavy (non-hydrogen) atoms. The van der Waals surface area contributed by atoms with Gasteiger partial charge in [-0.1, -0.05) is 43.7 Å². The van der Waals surface area contributed by atoms with E-state index in [4.69, 9.17) is 16.3 Å². The van der Waals surface area contributed by atoms with Crippen LogP contribution in [0.4, 0.5) is 0 Å². The second kappa shape index (κ2) is 14.0. The highest BCUT2D eigenvalue weighted by molar-refractivity contribution is 6.29. The lowest BCUT2D eigenvalue weighted by molar-refractivity contribution is -0.138. The van der Waals surface area contributed by atoms with Gasteiger partial charge in [0.1, 0.15) is 16.6 Å². The van der Waals surface area contributed by atoms with Crippen LogP contribution < -0.4 is 5.32 Å². The first-order chi connectivity index (χ1) is 16.9. The van der Waals surface area contributed by atoms with Gasteiger partial charge in [-0.05, 0) is 64.0 Å². The van der Waals surface area contributed by atoms with Crippen LogP contribution in [-0.2, 0) is 22.2 Å². The van der Waals surface area contributed by atoms with Gasteiger partial charge in [-0.15, -0.1) is 0 Å². The summed E-state index contributed by atoms with van der Waals surface area (Å²) in [5.41, 5.74) is -1.12. The quantitative estimate of drug-likeness (QED) is 0.381. The summed E-state index contributed by atoms with van der Waals surface area (Å²) >= 11 is 6.30. The Morgan fingerprint density at radius 3 is 2.71 bits per heavy atom. The van der Waals surface area contributed by atoms with Gasteiger partial charge in [-0.2, -0.15) is 0 Å². The standard InChI is InChI=1S/C27H47ClN4O3/c1-29-18-22(16-21-10-5-4-6-11-21)17-25(33)32-14-9-12-23(20-32)27(34,13-7-8-15-35-3)26-30-19-24(28)31(26)2/h19,21-23,29,34H,4-18,20H2,1-3H3/t22-,23-,27+/m1/s1. The minimum absolute atomic E-state index is 0.0685. The fourth-order valence-electron chi connectivity index (χ4n) is 6.32. The van der Waals surface area contributed by atoms with Gasteiger partial charge in [0, 0.05) is 46.2 Å². The maximum Gasteiger partial charge on any atom is 0.222 e. The molecule has 8 heteroatoms. The number of unbranched alkanes of at least 4 members (excludes halogenated alkanes) is 1. The maximum absolute atomic E-state index is 13.5. The number of nitrogens with one attached hydrogen (secondary N) is 1.